The zero-order chi connectivity index (χ0) is 19.1. The largest absolute Gasteiger partial charge is 0.333 e. The van der Waals surface area contributed by atoms with Crippen LogP contribution in [0.2, 0.25) is 0 Å². The highest BCUT2D eigenvalue weighted by atomic mass is 16.2. The van der Waals surface area contributed by atoms with Gasteiger partial charge in [0.15, 0.2) is 0 Å². The van der Waals surface area contributed by atoms with E-state index >= 15 is 0 Å². The molecular formula is C23H25N3O. The molecule has 0 saturated heterocycles. The van der Waals surface area contributed by atoms with Crippen molar-refractivity contribution in [1.29, 1.82) is 0 Å². The van der Waals surface area contributed by atoms with Crippen molar-refractivity contribution in [3.8, 4) is 0 Å². The van der Waals surface area contributed by atoms with Crippen molar-refractivity contribution in [2.75, 3.05) is 7.05 Å². The summed E-state index contributed by atoms with van der Waals surface area (Å²) in [7, 11) is 1.91. The lowest BCUT2D eigenvalue weighted by molar-refractivity contribution is 0.0709. The Labute approximate surface area is 160 Å². The standard InChI is InChI=1S/C23H25N3O/c1-14-11-15(2)21-18(12-14)19(13-16(3)25-21)23(27)26(4)22(17-8-9-17)20-7-5-6-10-24-20/h5-7,10-13,17,22H,8-9H2,1-4H3. The van der Waals surface area contributed by atoms with E-state index in [9.17, 15) is 4.79 Å². The van der Waals surface area contributed by atoms with Gasteiger partial charge in [-0.15, -0.1) is 0 Å². The second-order valence-electron chi connectivity index (χ2n) is 7.74. The number of hydrogen-bond acceptors (Lipinski definition) is 3. The number of aryl methyl sites for hydroxylation is 3. The highest BCUT2D eigenvalue weighted by molar-refractivity contribution is 6.07. The molecule has 2 aromatic heterocycles. The second-order valence-corrected chi connectivity index (χ2v) is 7.74. The van der Waals surface area contributed by atoms with Crippen LogP contribution >= 0.6 is 0 Å². The fourth-order valence-electron chi connectivity index (χ4n) is 4.02. The molecule has 0 bridgehead atoms. The van der Waals surface area contributed by atoms with Crippen molar-refractivity contribution in [1.82, 2.24) is 14.9 Å². The molecule has 1 aromatic carbocycles. The van der Waals surface area contributed by atoms with Crippen LogP contribution < -0.4 is 0 Å². The number of hydrogen-bond donors (Lipinski definition) is 0. The molecule has 1 fully saturated rings. The first-order chi connectivity index (χ1) is 13.0. The number of benzene rings is 1. The molecule has 0 N–H and O–H groups in total. The Kier molecular flexibility index (Phi) is 4.42. The van der Waals surface area contributed by atoms with Crippen molar-refractivity contribution in [3.05, 3.63) is 70.7 Å². The van der Waals surface area contributed by atoms with Crippen LogP contribution in [0.4, 0.5) is 0 Å². The Morgan fingerprint density at radius 1 is 1.15 bits per heavy atom. The molecule has 1 unspecified atom stereocenters. The summed E-state index contributed by atoms with van der Waals surface area (Å²) in [6.07, 6.45) is 4.10. The van der Waals surface area contributed by atoms with Crippen LogP contribution in [0.25, 0.3) is 10.9 Å². The topological polar surface area (TPSA) is 46.1 Å². The molecule has 1 aliphatic rings. The number of rotatable bonds is 4. The fourth-order valence-corrected chi connectivity index (χ4v) is 4.02. The molecule has 1 aliphatic carbocycles. The van der Waals surface area contributed by atoms with E-state index in [1.165, 1.54) is 0 Å². The number of aromatic nitrogens is 2. The van der Waals surface area contributed by atoms with E-state index in [1.54, 1.807) is 0 Å². The first-order valence-corrected chi connectivity index (χ1v) is 9.52. The summed E-state index contributed by atoms with van der Waals surface area (Å²) in [5.74, 6) is 0.532. The number of pyridine rings is 2. The summed E-state index contributed by atoms with van der Waals surface area (Å²) >= 11 is 0. The highest BCUT2D eigenvalue weighted by Gasteiger charge is 2.38. The zero-order valence-electron chi connectivity index (χ0n) is 16.4. The number of nitrogens with zero attached hydrogens (tertiary/aromatic N) is 3. The maximum absolute atomic E-state index is 13.6. The van der Waals surface area contributed by atoms with Crippen molar-refractivity contribution in [2.24, 2.45) is 5.92 Å². The number of carbonyl (C=O) groups excluding carboxylic acids is 1. The molecule has 1 amide bonds. The van der Waals surface area contributed by atoms with Crippen LogP contribution in [-0.2, 0) is 0 Å². The van der Waals surface area contributed by atoms with Crippen LogP contribution in [0.15, 0.2) is 42.6 Å². The Bertz CT molecular complexity index is 1010. The van der Waals surface area contributed by atoms with E-state index in [4.69, 9.17) is 0 Å². The molecule has 0 radical (unpaired) electrons. The van der Waals surface area contributed by atoms with Gasteiger partial charge in [0.05, 0.1) is 22.8 Å². The minimum Gasteiger partial charge on any atom is -0.333 e. The summed E-state index contributed by atoms with van der Waals surface area (Å²) in [5, 5.41) is 0.936. The van der Waals surface area contributed by atoms with Gasteiger partial charge >= 0.3 is 0 Å². The van der Waals surface area contributed by atoms with Gasteiger partial charge in [-0.3, -0.25) is 14.8 Å². The average Bonchev–Trinajstić information content (AvgIpc) is 3.47. The minimum absolute atomic E-state index is 0.0214. The first kappa shape index (κ1) is 17.7. The summed E-state index contributed by atoms with van der Waals surface area (Å²) in [6.45, 7) is 6.07. The van der Waals surface area contributed by atoms with E-state index in [0.29, 0.717) is 5.92 Å². The van der Waals surface area contributed by atoms with Crippen LogP contribution in [0, 0.1) is 26.7 Å². The van der Waals surface area contributed by atoms with Gasteiger partial charge in [-0.25, -0.2) is 0 Å². The maximum Gasteiger partial charge on any atom is 0.254 e. The van der Waals surface area contributed by atoms with Crippen molar-refractivity contribution < 1.29 is 4.79 Å². The lowest BCUT2D eigenvalue weighted by Crippen LogP contribution is -2.33. The van der Waals surface area contributed by atoms with Gasteiger partial charge in [-0.1, -0.05) is 17.7 Å². The Hall–Kier alpha value is -2.75. The SMILES string of the molecule is Cc1cc(C)c2nc(C)cc(C(=O)N(C)C(c3ccccn3)C3CC3)c2c1. The van der Waals surface area contributed by atoms with E-state index in [-0.39, 0.29) is 11.9 Å². The molecule has 4 nitrogen and oxygen atoms in total. The third kappa shape index (κ3) is 3.32. The summed E-state index contributed by atoms with van der Waals surface area (Å²) < 4.78 is 0. The van der Waals surface area contributed by atoms with Gasteiger partial charge in [0.1, 0.15) is 0 Å². The molecule has 4 rings (SSSR count). The fraction of sp³-hybridized carbons (Fsp3) is 0.348. The third-order valence-corrected chi connectivity index (χ3v) is 5.40. The average molecular weight is 359 g/mol. The predicted molar refractivity (Wildman–Crippen MR) is 108 cm³/mol. The Morgan fingerprint density at radius 3 is 2.59 bits per heavy atom. The van der Waals surface area contributed by atoms with Crippen LogP contribution in [0.3, 0.4) is 0 Å². The van der Waals surface area contributed by atoms with Crippen molar-refractivity contribution in [2.45, 2.75) is 39.7 Å². The Balaban J connectivity index is 1.80. The quantitative estimate of drug-likeness (QED) is 0.673. The van der Waals surface area contributed by atoms with Crippen molar-refractivity contribution >= 4 is 16.8 Å². The van der Waals surface area contributed by atoms with E-state index < -0.39 is 0 Å². The molecule has 138 valence electrons. The first-order valence-electron chi connectivity index (χ1n) is 9.52. The lowest BCUT2D eigenvalue weighted by atomic mass is 9.99. The van der Waals surface area contributed by atoms with Gasteiger partial charge in [-0.2, -0.15) is 0 Å². The van der Waals surface area contributed by atoms with Gasteiger partial charge in [0, 0.05) is 24.3 Å². The second kappa shape index (κ2) is 6.76. The molecule has 1 saturated carbocycles. The van der Waals surface area contributed by atoms with Gasteiger partial charge in [0.2, 0.25) is 0 Å². The molecule has 0 spiro atoms. The van der Waals surface area contributed by atoms with Gasteiger partial charge in [-0.05, 0) is 69.4 Å². The molecular weight excluding hydrogens is 334 g/mol. The number of amides is 1. The molecule has 27 heavy (non-hydrogen) atoms. The smallest absolute Gasteiger partial charge is 0.254 e. The van der Waals surface area contributed by atoms with E-state index in [2.05, 4.69) is 35.9 Å². The summed E-state index contributed by atoms with van der Waals surface area (Å²) in [5.41, 5.74) is 5.73. The highest BCUT2D eigenvalue weighted by Crippen LogP contribution is 2.44. The van der Waals surface area contributed by atoms with Gasteiger partial charge in [0.25, 0.3) is 5.91 Å². The molecule has 4 heteroatoms. The molecule has 1 atom stereocenters. The van der Waals surface area contributed by atoms with Crippen LogP contribution in [-0.4, -0.2) is 27.8 Å². The monoisotopic (exact) mass is 359 g/mol. The number of fused-ring (bicyclic) bond motifs is 1. The summed E-state index contributed by atoms with van der Waals surface area (Å²) in [6, 6.07) is 12.1. The van der Waals surface area contributed by atoms with Gasteiger partial charge < -0.3 is 4.90 Å². The zero-order valence-corrected chi connectivity index (χ0v) is 16.4. The Morgan fingerprint density at radius 2 is 1.93 bits per heavy atom. The maximum atomic E-state index is 13.6. The predicted octanol–water partition coefficient (Wildman–Crippen LogP) is 4.78. The molecule has 0 aliphatic heterocycles. The lowest BCUT2D eigenvalue weighted by Gasteiger charge is -2.28. The number of carbonyl (C=O) groups is 1. The normalized spacial score (nSPS) is 15.0. The van der Waals surface area contributed by atoms with Crippen LogP contribution in [0.5, 0.6) is 0 Å². The van der Waals surface area contributed by atoms with Crippen molar-refractivity contribution in [3.63, 3.8) is 0 Å². The minimum atomic E-state index is 0.0214. The molecule has 2 heterocycles. The summed E-state index contributed by atoms with van der Waals surface area (Å²) in [4.78, 5) is 24.7. The van der Waals surface area contributed by atoms with Crippen LogP contribution in [0.1, 0.15) is 51.8 Å². The molecule has 3 aromatic rings. The van der Waals surface area contributed by atoms with E-state index in [0.717, 1.165) is 51.8 Å². The third-order valence-electron chi connectivity index (χ3n) is 5.40. The van der Waals surface area contributed by atoms with E-state index in [1.807, 2.05) is 49.3 Å².